The topological polar surface area (TPSA) is 60.9 Å². The van der Waals surface area contributed by atoms with Crippen molar-refractivity contribution >= 4 is 0 Å². The van der Waals surface area contributed by atoms with Crippen molar-refractivity contribution in [1.29, 1.82) is 0 Å². The van der Waals surface area contributed by atoms with Crippen molar-refractivity contribution in [2.24, 2.45) is 5.73 Å². The average Bonchev–Trinajstić information content (AvgIpc) is 2.18. The van der Waals surface area contributed by atoms with Gasteiger partial charge in [-0.05, 0) is 19.4 Å². The maximum Gasteiger partial charge on any atom is 0.271 e. The molecular weight excluding hydrogens is 178 g/mol. The lowest BCUT2D eigenvalue weighted by molar-refractivity contribution is 0.532. The second-order valence-electron chi connectivity index (χ2n) is 3.40. The largest absolute Gasteiger partial charge is 0.326 e. The first kappa shape index (κ1) is 10.9. The van der Waals surface area contributed by atoms with Crippen LogP contribution in [0.3, 0.4) is 0 Å². The maximum absolute atomic E-state index is 11.7. The maximum atomic E-state index is 11.7. The molecule has 0 aliphatic heterocycles. The molecule has 14 heavy (non-hydrogen) atoms. The molecule has 0 amide bonds. The van der Waals surface area contributed by atoms with E-state index in [1.54, 1.807) is 6.07 Å². The Morgan fingerprint density at radius 1 is 1.57 bits per heavy atom. The molecule has 0 fully saturated rings. The Balaban J connectivity index is 3.03. The van der Waals surface area contributed by atoms with Crippen LogP contribution in [0.25, 0.3) is 0 Å². The fraction of sp³-hybridized carbons (Fsp3) is 0.600. The van der Waals surface area contributed by atoms with E-state index >= 15 is 0 Å². The number of aromatic nitrogens is 2. The molecule has 1 aromatic heterocycles. The number of unbranched alkanes of at least 4 members (excludes halogenated alkanes) is 1. The zero-order valence-corrected chi connectivity index (χ0v) is 8.79. The molecule has 78 valence electrons. The van der Waals surface area contributed by atoms with Crippen LogP contribution in [0.15, 0.2) is 10.9 Å². The first-order valence-corrected chi connectivity index (χ1v) is 4.96. The summed E-state index contributed by atoms with van der Waals surface area (Å²) in [4.78, 5) is 11.7. The van der Waals surface area contributed by atoms with Crippen LogP contribution in [0.2, 0.25) is 0 Å². The standard InChI is InChI=1S/C10H17N3O/c1-3-4-5-13-10(14)9(7-11)6-8(2)12-13/h6H,3-5,7,11H2,1-2H3. The number of hydrogen-bond donors (Lipinski definition) is 1. The van der Waals surface area contributed by atoms with E-state index in [0.717, 1.165) is 18.5 Å². The third-order valence-electron chi connectivity index (χ3n) is 2.11. The van der Waals surface area contributed by atoms with Crippen molar-refractivity contribution in [3.63, 3.8) is 0 Å². The molecule has 0 saturated heterocycles. The number of nitrogens with two attached hydrogens (primary N) is 1. The van der Waals surface area contributed by atoms with E-state index in [2.05, 4.69) is 12.0 Å². The predicted octanol–water partition coefficient (Wildman–Crippen LogP) is 0.811. The van der Waals surface area contributed by atoms with Crippen LogP contribution in [0.4, 0.5) is 0 Å². The summed E-state index contributed by atoms with van der Waals surface area (Å²) in [5, 5.41) is 4.17. The smallest absolute Gasteiger partial charge is 0.271 e. The Labute approximate surface area is 83.7 Å². The lowest BCUT2D eigenvalue weighted by Gasteiger charge is -2.06. The highest BCUT2D eigenvalue weighted by Crippen LogP contribution is 1.96. The summed E-state index contributed by atoms with van der Waals surface area (Å²) >= 11 is 0. The summed E-state index contributed by atoms with van der Waals surface area (Å²) in [5.41, 5.74) is 6.92. The van der Waals surface area contributed by atoms with E-state index in [1.165, 1.54) is 4.68 Å². The van der Waals surface area contributed by atoms with E-state index in [9.17, 15) is 4.79 Å². The number of nitrogens with zero attached hydrogens (tertiary/aromatic N) is 2. The quantitative estimate of drug-likeness (QED) is 0.773. The van der Waals surface area contributed by atoms with E-state index in [1.807, 2.05) is 6.92 Å². The fourth-order valence-corrected chi connectivity index (χ4v) is 1.35. The van der Waals surface area contributed by atoms with Gasteiger partial charge in [0.15, 0.2) is 0 Å². The molecule has 0 radical (unpaired) electrons. The molecule has 1 aromatic rings. The second-order valence-corrected chi connectivity index (χ2v) is 3.40. The van der Waals surface area contributed by atoms with Crippen molar-refractivity contribution < 1.29 is 0 Å². The third-order valence-corrected chi connectivity index (χ3v) is 2.11. The predicted molar refractivity (Wildman–Crippen MR) is 56.0 cm³/mol. The van der Waals surface area contributed by atoms with Gasteiger partial charge in [-0.15, -0.1) is 0 Å². The first-order chi connectivity index (χ1) is 6.69. The second kappa shape index (κ2) is 4.91. The van der Waals surface area contributed by atoms with Gasteiger partial charge >= 0.3 is 0 Å². The van der Waals surface area contributed by atoms with E-state index in [-0.39, 0.29) is 12.1 Å². The third kappa shape index (κ3) is 2.42. The molecule has 2 N–H and O–H groups in total. The Hall–Kier alpha value is -1.16. The van der Waals surface area contributed by atoms with Crippen LogP contribution in [0.1, 0.15) is 31.0 Å². The van der Waals surface area contributed by atoms with E-state index < -0.39 is 0 Å². The normalized spacial score (nSPS) is 10.5. The summed E-state index contributed by atoms with van der Waals surface area (Å²) < 4.78 is 1.51. The molecule has 0 aliphatic carbocycles. The van der Waals surface area contributed by atoms with Crippen LogP contribution >= 0.6 is 0 Å². The number of aryl methyl sites for hydroxylation is 2. The fourth-order valence-electron chi connectivity index (χ4n) is 1.35. The Morgan fingerprint density at radius 3 is 2.86 bits per heavy atom. The molecular formula is C10H17N3O. The van der Waals surface area contributed by atoms with Crippen LogP contribution in [-0.2, 0) is 13.1 Å². The summed E-state index contributed by atoms with van der Waals surface area (Å²) in [6, 6.07) is 1.75. The molecule has 4 heteroatoms. The van der Waals surface area contributed by atoms with Gasteiger partial charge in [0.1, 0.15) is 0 Å². The lowest BCUT2D eigenvalue weighted by atomic mass is 10.2. The number of rotatable bonds is 4. The molecule has 1 rings (SSSR count). The zero-order valence-electron chi connectivity index (χ0n) is 8.79. The van der Waals surface area contributed by atoms with Crippen LogP contribution in [-0.4, -0.2) is 9.78 Å². The van der Waals surface area contributed by atoms with Gasteiger partial charge < -0.3 is 5.73 Å². The van der Waals surface area contributed by atoms with Gasteiger partial charge in [-0.3, -0.25) is 4.79 Å². The van der Waals surface area contributed by atoms with Crippen molar-refractivity contribution in [3.8, 4) is 0 Å². The molecule has 0 saturated carbocycles. The van der Waals surface area contributed by atoms with Crippen molar-refractivity contribution in [3.05, 3.63) is 27.7 Å². The van der Waals surface area contributed by atoms with Crippen molar-refractivity contribution in [2.75, 3.05) is 0 Å². The summed E-state index contributed by atoms with van der Waals surface area (Å²) in [6.07, 6.45) is 2.03. The van der Waals surface area contributed by atoms with Gasteiger partial charge in [0.25, 0.3) is 5.56 Å². The van der Waals surface area contributed by atoms with E-state index in [0.29, 0.717) is 12.1 Å². The zero-order chi connectivity index (χ0) is 10.6. The summed E-state index contributed by atoms with van der Waals surface area (Å²) in [6.45, 7) is 4.93. The average molecular weight is 195 g/mol. The number of hydrogen-bond acceptors (Lipinski definition) is 3. The molecule has 0 unspecified atom stereocenters. The first-order valence-electron chi connectivity index (χ1n) is 4.96. The van der Waals surface area contributed by atoms with Gasteiger partial charge in [0, 0.05) is 18.7 Å². The minimum absolute atomic E-state index is 0.0495. The molecule has 4 nitrogen and oxygen atoms in total. The summed E-state index contributed by atoms with van der Waals surface area (Å²) in [7, 11) is 0. The SMILES string of the molecule is CCCCn1nc(C)cc(CN)c1=O. The molecule has 0 aromatic carbocycles. The van der Waals surface area contributed by atoms with Gasteiger partial charge in [0.2, 0.25) is 0 Å². The molecule has 1 heterocycles. The minimum atomic E-state index is -0.0495. The van der Waals surface area contributed by atoms with Crippen LogP contribution in [0, 0.1) is 6.92 Å². The van der Waals surface area contributed by atoms with Crippen molar-refractivity contribution in [1.82, 2.24) is 9.78 Å². The Morgan fingerprint density at radius 2 is 2.29 bits per heavy atom. The Bertz CT molecular complexity index is 357. The van der Waals surface area contributed by atoms with Crippen LogP contribution in [0.5, 0.6) is 0 Å². The molecule has 0 spiro atoms. The monoisotopic (exact) mass is 195 g/mol. The molecule has 0 aliphatic rings. The minimum Gasteiger partial charge on any atom is -0.326 e. The van der Waals surface area contributed by atoms with Crippen molar-refractivity contribution in [2.45, 2.75) is 39.8 Å². The summed E-state index contributed by atoms with van der Waals surface area (Å²) in [5.74, 6) is 0. The molecule has 0 atom stereocenters. The lowest BCUT2D eigenvalue weighted by Crippen LogP contribution is -2.28. The van der Waals surface area contributed by atoms with Gasteiger partial charge in [-0.25, -0.2) is 4.68 Å². The van der Waals surface area contributed by atoms with Crippen LogP contribution < -0.4 is 11.3 Å². The highest BCUT2D eigenvalue weighted by Gasteiger charge is 2.03. The van der Waals surface area contributed by atoms with E-state index in [4.69, 9.17) is 5.73 Å². The highest BCUT2D eigenvalue weighted by atomic mass is 16.1. The molecule has 0 bridgehead atoms. The Kier molecular flexibility index (Phi) is 3.83. The highest BCUT2D eigenvalue weighted by molar-refractivity contribution is 5.11. The van der Waals surface area contributed by atoms with Gasteiger partial charge in [0.05, 0.1) is 5.69 Å². The van der Waals surface area contributed by atoms with Gasteiger partial charge in [-0.1, -0.05) is 13.3 Å². The van der Waals surface area contributed by atoms with Gasteiger partial charge in [-0.2, -0.15) is 5.10 Å².